The van der Waals surface area contributed by atoms with Gasteiger partial charge < -0.3 is 18.9 Å². The molecule has 0 amide bonds. The quantitative estimate of drug-likeness (QED) is 0.728. The Kier molecular flexibility index (Phi) is 5.47. The van der Waals surface area contributed by atoms with E-state index in [9.17, 15) is 8.42 Å². The van der Waals surface area contributed by atoms with E-state index in [-0.39, 0.29) is 11.5 Å². The molecule has 1 aromatic carbocycles. The number of hydrogen-bond acceptors (Lipinski definition) is 6. The van der Waals surface area contributed by atoms with Crippen LogP contribution in [0.15, 0.2) is 23.1 Å². The molecule has 0 atom stereocenters. The monoisotopic (exact) mass is 322 g/mol. The molecule has 0 aliphatic carbocycles. The van der Waals surface area contributed by atoms with Crippen LogP contribution in [0.1, 0.15) is 0 Å². The Morgan fingerprint density at radius 1 is 0.850 bits per heavy atom. The molecule has 0 spiro atoms. The smallest absolute Gasteiger partial charge is 0.261 e. The minimum atomic E-state index is -3.81. The molecule has 0 fully saturated rings. The van der Waals surface area contributed by atoms with Crippen molar-refractivity contribution in [3.8, 4) is 11.5 Å². The lowest BCUT2D eigenvalue weighted by Crippen LogP contribution is -2.15. The first kappa shape index (κ1) is 15.4. The Labute approximate surface area is 122 Å². The fourth-order valence-electron chi connectivity index (χ4n) is 1.62. The van der Waals surface area contributed by atoms with Gasteiger partial charge in [-0.05, 0) is 12.1 Å². The van der Waals surface area contributed by atoms with Crippen LogP contribution in [-0.4, -0.2) is 48.1 Å². The van der Waals surface area contributed by atoms with Crippen LogP contribution < -0.4 is 9.47 Å². The lowest BCUT2D eigenvalue weighted by Gasteiger charge is -2.15. The molecule has 0 radical (unpaired) electrons. The lowest BCUT2D eigenvalue weighted by atomic mass is 10.3. The van der Waals surface area contributed by atoms with E-state index in [2.05, 4.69) is 0 Å². The summed E-state index contributed by atoms with van der Waals surface area (Å²) in [6, 6.07) is 4.22. The molecule has 0 unspecified atom stereocenters. The van der Waals surface area contributed by atoms with E-state index in [0.717, 1.165) is 0 Å². The maximum absolute atomic E-state index is 11.3. The van der Waals surface area contributed by atoms with Gasteiger partial charge in [-0.15, -0.1) is 0 Å². The SMILES string of the molecule is O=S(=O)(Cl)c1ccc2c(c1)OCCOCCOCCO2. The molecule has 1 heterocycles. The molecule has 6 nitrogen and oxygen atoms in total. The van der Waals surface area contributed by atoms with E-state index >= 15 is 0 Å². The Morgan fingerprint density at radius 3 is 2.00 bits per heavy atom. The van der Waals surface area contributed by atoms with Crippen molar-refractivity contribution in [3.63, 3.8) is 0 Å². The van der Waals surface area contributed by atoms with Crippen LogP contribution in [0.25, 0.3) is 0 Å². The van der Waals surface area contributed by atoms with Crippen LogP contribution in [0.5, 0.6) is 11.5 Å². The van der Waals surface area contributed by atoms with Crippen LogP contribution in [0.2, 0.25) is 0 Å². The van der Waals surface area contributed by atoms with E-state index in [4.69, 9.17) is 29.6 Å². The van der Waals surface area contributed by atoms with Crippen LogP contribution in [-0.2, 0) is 18.5 Å². The number of benzene rings is 1. The van der Waals surface area contributed by atoms with E-state index in [0.29, 0.717) is 44.5 Å². The first-order valence-corrected chi connectivity index (χ1v) is 8.38. The average molecular weight is 323 g/mol. The van der Waals surface area contributed by atoms with Crippen molar-refractivity contribution in [2.24, 2.45) is 0 Å². The van der Waals surface area contributed by atoms with Crippen molar-refractivity contribution in [2.75, 3.05) is 39.6 Å². The summed E-state index contributed by atoms with van der Waals surface area (Å²) in [6.07, 6.45) is 0. The summed E-state index contributed by atoms with van der Waals surface area (Å²) in [4.78, 5) is -0.0363. The molecule has 1 aliphatic rings. The summed E-state index contributed by atoms with van der Waals surface area (Å²) in [6.45, 7) is 2.39. The van der Waals surface area contributed by atoms with E-state index < -0.39 is 9.05 Å². The maximum atomic E-state index is 11.3. The average Bonchev–Trinajstić information content (AvgIpc) is 2.38. The third-order valence-corrected chi connectivity index (χ3v) is 3.89. The van der Waals surface area contributed by atoms with Crippen molar-refractivity contribution >= 4 is 19.7 Å². The fourth-order valence-corrected chi connectivity index (χ4v) is 2.38. The van der Waals surface area contributed by atoms with Gasteiger partial charge in [0.2, 0.25) is 0 Å². The molecule has 8 heteroatoms. The highest BCUT2D eigenvalue weighted by Crippen LogP contribution is 2.31. The second-order valence-corrected chi connectivity index (χ2v) is 6.53. The summed E-state index contributed by atoms with van der Waals surface area (Å²) in [5.41, 5.74) is 0. The normalized spacial score (nSPS) is 17.9. The zero-order chi connectivity index (χ0) is 14.4. The third-order valence-electron chi connectivity index (χ3n) is 2.54. The van der Waals surface area contributed by atoms with E-state index in [1.807, 2.05) is 0 Å². The number of fused-ring (bicyclic) bond motifs is 1. The van der Waals surface area contributed by atoms with Gasteiger partial charge in [-0.2, -0.15) is 0 Å². The molecule has 2 rings (SSSR count). The number of halogens is 1. The maximum Gasteiger partial charge on any atom is 0.261 e. The number of rotatable bonds is 1. The largest absolute Gasteiger partial charge is 0.487 e. The topological polar surface area (TPSA) is 71.1 Å². The van der Waals surface area contributed by atoms with Gasteiger partial charge in [-0.25, -0.2) is 8.42 Å². The number of ether oxygens (including phenoxy) is 4. The Bertz CT molecular complexity index is 545. The summed E-state index contributed by atoms with van der Waals surface area (Å²) < 4.78 is 44.2. The van der Waals surface area contributed by atoms with Crippen LogP contribution in [0, 0.1) is 0 Å². The summed E-state index contributed by atoms with van der Waals surface area (Å²) in [5, 5.41) is 0. The molecule has 112 valence electrons. The predicted molar refractivity (Wildman–Crippen MR) is 72.1 cm³/mol. The molecule has 20 heavy (non-hydrogen) atoms. The second-order valence-electron chi connectivity index (χ2n) is 3.97. The third kappa shape index (κ3) is 4.52. The van der Waals surface area contributed by atoms with Gasteiger partial charge in [0.1, 0.15) is 13.2 Å². The van der Waals surface area contributed by atoms with Crippen molar-refractivity contribution < 1.29 is 27.4 Å². The van der Waals surface area contributed by atoms with Gasteiger partial charge in [-0.3, -0.25) is 0 Å². The van der Waals surface area contributed by atoms with Crippen LogP contribution in [0.4, 0.5) is 0 Å². The standard InChI is InChI=1S/C12H15ClO6S/c13-20(14,15)10-1-2-11-12(9-10)19-8-6-17-4-3-16-5-7-18-11/h1-2,9H,3-8H2. The first-order valence-electron chi connectivity index (χ1n) is 6.07. The van der Waals surface area contributed by atoms with E-state index in [1.165, 1.54) is 18.2 Å². The highest BCUT2D eigenvalue weighted by molar-refractivity contribution is 8.13. The Morgan fingerprint density at radius 2 is 1.40 bits per heavy atom. The molecule has 0 saturated carbocycles. The van der Waals surface area contributed by atoms with Gasteiger partial charge >= 0.3 is 0 Å². The number of hydrogen-bond donors (Lipinski definition) is 0. The van der Waals surface area contributed by atoms with Crippen LogP contribution in [0.3, 0.4) is 0 Å². The summed E-state index contributed by atoms with van der Waals surface area (Å²) >= 11 is 0. The zero-order valence-corrected chi connectivity index (χ0v) is 12.3. The molecule has 0 saturated heterocycles. The van der Waals surface area contributed by atoms with Crippen molar-refractivity contribution in [2.45, 2.75) is 4.90 Å². The minimum absolute atomic E-state index is 0.0363. The van der Waals surface area contributed by atoms with Gasteiger partial charge in [0.25, 0.3) is 9.05 Å². The van der Waals surface area contributed by atoms with Gasteiger partial charge in [0.15, 0.2) is 11.5 Å². The molecule has 1 aromatic rings. The Hall–Kier alpha value is -1.02. The summed E-state index contributed by atoms with van der Waals surface area (Å²) in [5.74, 6) is 0.758. The highest BCUT2D eigenvalue weighted by Gasteiger charge is 2.15. The van der Waals surface area contributed by atoms with Gasteiger partial charge in [0, 0.05) is 16.7 Å². The van der Waals surface area contributed by atoms with Crippen LogP contribution >= 0.6 is 10.7 Å². The minimum Gasteiger partial charge on any atom is -0.487 e. The first-order chi connectivity index (χ1) is 9.57. The van der Waals surface area contributed by atoms with Gasteiger partial charge in [-0.1, -0.05) is 0 Å². The Balaban J connectivity index is 2.20. The molecular formula is C12H15ClO6S. The molecule has 0 aromatic heterocycles. The second kappa shape index (κ2) is 7.12. The van der Waals surface area contributed by atoms with Crippen molar-refractivity contribution in [1.29, 1.82) is 0 Å². The van der Waals surface area contributed by atoms with Crippen molar-refractivity contribution in [3.05, 3.63) is 18.2 Å². The molecule has 1 aliphatic heterocycles. The fraction of sp³-hybridized carbons (Fsp3) is 0.500. The van der Waals surface area contributed by atoms with Crippen molar-refractivity contribution in [1.82, 2.24) is 0 Å². The summed E-state index contributed by atoms with van der Waals surface area (Å²) in [7, 11) is 1.51. The highest BCUT2D eigenvalue weighted by atomic mass is 35.7. The lowest BCUT2D eigenvalue weighted by molar-refractivity contribution is 0.0223. The predicted octanol–water partition coefficient (Wildman–Crippen LogP) is 1.42. The molecule has 0 N–H and O–H groups in total. The molecular weight excluding hydrogens is 308 g/mol. The van der Waals surface area contributed by atoms with E-state index in [1.54, 1.807) is 0 Å². The zero-order valence-electron chi connectivity index (χ0n) is 10.7. The molecule has 0 bridgehead atoms. The van der Waals surface area contributed by atoms with Gasteiger partial charge in [0.05, 0.1) is 31.3 Å².